The van der Waals surface area contributed by atoms with Crippen molar-refractivity contribution < 1.29 is 27.1 Å². The maximum Gasteiger partial charge on any atom is 0.420 e. The van der Waals surface area contributed by atoms with Crippen molar-refractivity contribution in [1.29, 1.82) is 5.26 Å². The van der Waals surface area contributed by atoms with Gasteiger partial charge in [-0.15, -0.1) is 0 Å². The normalized spacial score (nSPS) is 11.6. The van der Waals surface area contributed by atoms with Crippen LogP contribution in [0.4, 0.5) is 22.0 Å². The lowest BCUT2D eigenvalue weighted by Gasteiger charge is -2.12. The highest BCUT2D eigenvalue weighted by Crippen LogP contribution is 2.38. The minimum atomic E-state index is -4.99. The van der Waals surface area contributed by atoms with Gasteiger partial charge in [-0.2, -0.15) is 18.4 Å². The zero-order chi connectivity index (χ0) is 13.2. The largest absolute Gasteiger partial charge is 0.505 e. The highest BCUT2D eigenvalue weighted by molar-refractivity contribution is 5.41. The number of pyridine rings is 1. The van der Waals surface area contributed by atoms with E-state index in [4.69, 9.17) is 5.26 Å². The number of aromatic nitrogens is 1. The van der Waals surface area contributed by atoms with Crippen molar-refractivity contribution in [3.63, 3.8) is 0 Å². The number of aromatic hydroxyl groups is 1. The minimum absolute atomic E-state index is 0.0703. The van der Waals surface area contributed by atoms with Crippen LogP contribution in [0.3, 0.4) is 0 Å². The van der Waals surface area contributed by atoms with Crippen LogP contribution in [0.1, 0.15) is 23.4 Å². The Labute approximate surface area is 92.1 Å². The Morgan fingerprint density at radius 3 is 2.41 bits per heavy atom. The fraction of sp³-hybridized carbons (Fsp3) is 0.333. The quantitative estimate of drug-likeness (QED) is 0.823. The van der Waals surface area contributed by atoms with Crippen molar-refractivity contribution in [2.24, 2.45) is 0 Å². The summed E-state index contributed by atoms with van der Waals surface area (Å²) in [6.07, 6.45) is -8.88. The molecule has 1 heterocycles. The summed E-state index contributed by atoms with van der Waals surface area (Å²) in [6, 6.07) is 1.51. The van der Waals surface area contributed by atoms with Crippen molar-refractivity contribution in [1.82, 2.24) is 4.98 Å². The lowest BCUT2D eigenvalue weighted by molar-refractivity contribution is -0.139. The second-order valence-corrected chi connectivity index (χ2v) is 3.02. The smallest absolute Gasteiger partial charge is 0.420 e. The topological polar surface area (TPSA) is 56.9 Å². The third-order valence-corrected chi connectivity index (χ3v) is 1.86. The zero-order valence-corrected chi connectivity index (χ0v) is 8.09. The standard InChI is InChI=1S/C9H5F5N2O/c10-8(11)6-3-4(9(12,13)14)7(17)5(16-6)1-2-15/h3,8,17H,1H2. The van der Waals surface area contributed by atoms with Gasteiger partial charge in [-0.1, -0.05) is 0 Å². The van der Waals surface area contributed by atoms with Gasteiger partial charge in [0.1, 0.15) is 17.0 Å². The summed E-state index contributed by atoms with van der Waals surface area (Å²) in [7, 11) is 0. The molecule has 3 nitrogen and oxygen atoms in total. The van der Waals surface area contributed by atoms with E-state index in [9.17, 15) is 27.1 Å². The van der Waals surface area contributed by atoms with Crippen LogP contribution in [-0.2, 0) is 12.6 Å². The maximum absolute atomic E-state index is 12.4. The molecule has 0 spiro atoms. The molecule has 0 amide bonds. The van der Waals surface area contributed by atoms with E-state index in [0.29, 0.717) is 0 Å². The molecule has 0 aliphatic heterocycles. The highest BCUT2D eigenvalue weighted by Gasteiger charge is 2.36. The molecule has 0 atom stereocenters. The molecule has 0 radical (unpaired) electrons. The van der Waals surface area contributed by atoms with Gasteiger partial charge < -0.3 is 5.11 Å². The molecule has 0 saturated heterocycles. The average Bonchev–Trinajstić information content (AvgIpc) is 2.19. The van der Waals surface area contributed by atoms with Crippen LogP contribution in [0.2, 0.25) is 0 Å². The van der Waals surface area contributed by atoms with E-state index < -0.39 is 41.7 Å². The molecule has 1 aromatic heterocycles. The first-order valence-corrected chi connectivity index (χ1v) is 4.22. The van der Waals surface area contributed by atoms with Gasteiger partial charge in [0, 0.05) is 0 Å². The van der Waals surface area contributed by atoms with E-state index in [1.807, 2.05) is 0 Å². The summed E-state index contributed by atoms with van der Waals surface area (Å²) in [5.74, 6) is -1.29. The summed E-state index contributed by atoms with van der Waals surface area (Å²) in [4.78, 5) is 3.11. The number of halogens is 5. The summed E-state index contributed by atoms with van der Waals surface area (Å²) < 4.78 is 61.8. The van der Waals surface area contributed by atoms with Gasteiger partial charge in [-0.25, -0.2) is 13.8 Å². The van der Waals surface area contributed by atoms with Crippen molar-refractivity contribution in [2.75, 3.05) is 0 Å². The van der Waals surface area contributed by atoms with E-state index in [0.717, 1.165) is 0 Å². The number of alkyl halides is 5. The summed E-state index contributed by atoms with van der Waals surface area (Å²) in [6.45, 7) is 0. The fourth-order valence-electron chi connectivity index (χ4n) is 1.14. The van der Waals surface area contributed by atoms with Gasteiger partial charge in [0.2, 0.25) is 0 Å². The number of nitriles is 1. The second kappa shape index (κ2) is 4.53. The number of hydrogen-bond donors (Lipinski definition) is 1. The van der Waals surface area contributed by atoms with Crippen LogP contribution in [0.5, 0.6) is 5.75 Å². The van der Waals surface area contributed by atoms with Crippen molar-refractivity contribution in [3.8, 4) is 11.8 Å². The Balaban J connectivity index is 3.44. The highest BCUT2D eigenvalue weighted by atomic mass is 19.4. The molecule has 1 rings (SSSR count). The first kappa shape index (κ1) is 13.2. The second-order valence-electron chi connectivity index (χ2n) is 3.02. The van der Waals surface area contributed by atoms with Crippen molar-refractivity contribution in [3.05, 3.63) is 23.0 Å². The fourth-order valence-corrected chi connectivity index (χ4v) is 1.14. The molecule has 0 saturated carbocycles. The lowest BCUT2D eigenvalue weighted by atomic mass is 10.1. The molecule has 0 aromatic carbocycles. The zero-order valence-electron chi connectivity index (χ0n) is 8.09. The van der Waals surface area contributed by atoms with E-state index >= 15 is 0 Å². The lowest BCUT2D eigenvalue weighted by Crippen LogP contribution is -2.10. The van der Waals surface area contributed by atoms with Crippen molar-refractivity contribution >= 4 is 0 Å². The summed E-state index contributed by atoms with van der Waals surface area (Å²) in [5, 5.41) is 17.5. The molecule has 0 aliphatic carbocycles. The number of rotatable bonds is 2. The average molecular weight is 252 g/mol. The third kappa shape index (κ3) is 2.81. The van der Waals surface area contributed by atoms with Crippen LogP contribution in [0.25, 0.3) is 0 Å². The summed E-state index contributed by atoms with van der Waals surface area (Å²) >= 11 is 0. The molecule has 1 N–H and O–H groups in total. The molecular weight excluding hydrogens is 247 g/mol. The molecule has 8 heteroatoms. The van der Waals surface area contributed by atoms with Crippen LogP contribution < -0.4 is 0 Å². The first-order chi connectivity index (χ1) is 7.77. The first-order valence-electron chi connectivity index (χ1n) is 4.22. The predicted octanol–water partition coefficient (Wildman–Crippen LogP) is 2.81. The van der Waals surface area contributed by atoms with Gasteiger partial charge in [-0.3, -0.25) is 0 Å². The SMILES string of the molecule is N#CCc1nc(C(F)F)cc(C(F)(F)F)c1O. The van der Waals surface area contributed by atoms with E-state index in [2.05, 4.69) is 4.98 Å². The van der Waals surface area contributed by atoms with Crippen LogP contribution in [-0.4, -0.2) is 10.1 Å². The Morgan fingerprint density at radius 2 is 2.00 bits per heavy atom. The van der Waals surface area contributed by atoms with Gasteiger partial charge in [0.25, 0.3) is 6.43 Å². The van der Waals surface area contributed by atoms with Gasteiger partial charge in [0.05, 0.1) is 18.2 Å². The number of hydrogen-bond acceptors (Lipinski definition) is 3. The minimum Gasteiger partial charge on any atom is -0.505 e. The van der Waals surface area contributed by atoms with Gasteiger partial charge >= 0.3 is 6.18 Å². The number of nitrogens with zero attached hydrogens (tertiary/aromatic N) is 2. The monoisotopic (exact) mass is 252 g/mol. The third-order valence-electron chi connectivity index (χ3n) is 1.86. The Bertz CT molecular complexity index is 464. The molecule has 0 aliphatic rings. The maximum atomic E-state index is 12.4. The van der Waals surface area contributed by atoms with Gasteiger partial charge in [-0.05, 0) is 6.07 Å². The van der Waals surface area contributed by atoms with Crippen molar-refractivity contribution in [2.45, 2.75) is 19.0 Å². The Hall–Kier alpha value is -1.91. The van der Waals surface area contributed by atoms with Crippen LogP contribution >= 0.6 is 0 Å². The van der Waals surface area contributed by atoms with Crippen LogP contribution in [0, 0.1) is 11.3 Å². The Kier molecular flexibility index (Phi) is 3.50. The van der Waals surface area contributed by atoms with E-state index in [1.54, 1.807) is 0 Å². The summed E-state index contributed by atoms with van der Waals surface area (Å²) in [5.41, 5.74) is -3.45. The molecule has 0 bridgehead atoms. The Morgan fingerprint density at radius 1 is 1.41 bits per heavy atom. The molecule has 0 fully saturated rings. The predicted molar refractivity (Wildman–Crippen MR) is 45.2 cm³/mol. The molecule has 92 valence electrons. The molecule has 1 aromatic rings. The van der Waals surface area contributed by atoms with E-state index in [-0.39, 0.29) is 6.07 Å². The molecular formula is C9H5F5N2O. The van der Waals surface area contributed by atoms with Crippen LogP contribution in [0.15, 0.2) is 6.07 Å². The molecule has 0 unspecified atom stereocenters. The van der Waals surface area contributed by atoms with Gasteiger partial charge in [0.15, 0.2) is 0 Å². The molecule has 17 heavy (non-hydrogen) atoms. The van der Waals surface area contributed by atoms with E-state index in [1.165, 1.54) is 6.07 Å².